The highest BCUT2D eigenvalue weighted by molar-refractivity contribution is 5.00. The molecule has 2 rings (SSSR count). The van der Waals surface area contributed by atoms with Crippen molar-refractivity contribution in [2.24, 2.45) is 11.3 Å². The molecule has 16 heavy (non-hydrogen) atoms. The van der Waals surface area contributed by atoms with Crippen molar-refractivity contribution in [3.63, 3.8) is 0 Å². The highest BCUT2D eigenvalue weighted by Gasteiger charge is 2.31. The van der Waals surface area contributed by atoms with E-state index in [9.17, 15) is 0 Å². The number of hydrogen-bond donors (Lipinski definition) is 0. The fourth-order valence-corrected chi connectivity index (χ4v) is 2.77. The fourth-order valence-electron chi connectivity index (χ4n) is 2.77. The zero-order valence-corrected chi connectivity index (χ0v) is 10.9. The van der Waals surface area contributed by atoms with Crippen molar-refractivity contribution in [2.75, 3.05) is 0 Å². The highest BCUT2D eigenvalue weighted by Crippen LogP contribution is 2.42. The topological polar surface area (TPSA) is 26.0 Å². The quantitative estimate of drug-likeness (QED) is 0.706. The van der Waals surface area contributed by atoms with E-state index in [1.165, 1.54) is 25.7 Å². The number of aromatic nitrogens is 1. The minimum absolute atomic E-state index is 0.456. The molecule has 1 aromatic rings. The van der Waals surface area contributed by atoms with Crippen LogP contribution in [-0.2, 0) is 0 Å². The van der Waals surface area contributed by atoms with Crippen LogP contribution in [0.2, 0.25) is 0 Å². The van der Waals surface area contributed by atoms with Gasteiger partial charge < -0.3 is 4.42 Å². The molecule has 1 fully saturated rings. The number of oxazole rings is 1. The van der Waals surface area contributed by atoms with Gasteiger partial charge in [0, 0.05) is 5.92 Å². The molecule has 1 saturated carbocycles. The molecule has 0 spiro atoms. The first-order valence-electron chi connectivity index (χ1n) is 6.39. The molecule has 2 nitrogen and oxygen atoms in total. The van der Waals surface area contributed by atoms with Crippen LogP contribution in [-0.4, -0.2) is 4.98 Å². The molecule has 0 amide bonds. The maximum atomic E-state index is 5.51. The van der Waals surface area contributed by atoms with Gasteiger partial charge in [-0.1, -0.05) is 20.8 Å². The normalized spacial score (nSPS) is 27.0. The first-order valence-corrected chi connectivity index (χ1v) is 6.39. The van der Waals surface area contributed by atoms with Gasteiger partial charge in [0.2, 0.25) is 0 Å². The van der Waals surface area contributed by atoms with Crippen LogP contribution in [0.25, 0.3) is 0 Å². The molecule has 0 radical (unpaired) electrons. The molecule has 0 aromatic carbocycles. The first kappa shape index (κ1) is 11.7. The van der Waals surface area contributed by atoms with E-state index in [4.69, 9.17) is 4.42 Å². The number of aryl methyl sites for hydroxylation is 1. The van der Waals surface area contributed by atoms with Crippen LogP contribution in [0.5, 0.6) is 0 Å². The average molecular weight is 221 g/mol. The van der Waals surface area contributed by atoms with Gasteiger partial charge in [0.15, 0.2) is 5.89 Å². The van der Waals surface area contributed by atoms with E-state index in [1.807, 2.05) is 6.92 Å². The summed E-state index contributed by atoms with van der Waals surface area (Å²) in [6.45, 7) is 9.06. The molecular formula is C14H23NO. The van der Waals surface area contributed by atoms with Gasteiger partial charge in [-0.2, -0.15) is 0 Å². The molecule has 0 saturated heterocycles. The molecular weight excluding hydrogens is 198 g/mol. The Morgan fingerprint density at radius 1 is 1.19 bits per heavy atom. The van der Waals surface area contributed by atoms with Gasteiger partial charge in [0.25, 0.3) is 0 Å². The third-order valence-electron chi connectivity index (χ3n) is 3.94. The van der Waals surface area contributed by atoms with Crippen molar-refractivity contribution in [3.05, 3.63) is 17.8 Å². The Morgan fingerprint density at radius 3 is 2.25 bits per heavy atom. The number of rotatable bonds is 1. The lowest BCUT2D eigenvalue weighted by Crippen LogP contribution is -2.25. The van der Waals surface area contributed by atoms with Crippen LogP contribution in [0.1, 0.15) is 64.0 Å². The van der Waals surface area contributed by atoms with Crippen LogP contribution < -0.4 is 0 Å². The van der Waals surface area contributed by atoms with Crippen LogP contribution in [0.4, 0.5) is 0 Å². The molecule has 0 bridgehead atoms. The summed E-state index contributed by atoms with van der Waals surface area (Å²) < 4.78 is 5.51. The standard InChI is InChI=1S/C14H23NO/c1-10-9-16-13(15-10)11-5-7-12(8-6-11)14(2,3)4/h9,11-12H,5-8H2,1-4H3/t11-,12-. The van der Waals surface area contributed by atoms with E-state index in [2.05, 4.69) is 25.8 Å². The Balaban J connectivity index is 1.95. The van der Waals surface area contributed by atoms with Gasteiger partial charge in [-0.25, -0.2) is 4.98 Å². The lowest BCUT2D eigenvalue weighted by Gasteiger charge is -2.36. The summed E-state index contributed by atoms with van der Waals surface area (Å²) >= 11 is 0. The highest BCUT2D eigenvalue weighted by atomic mass is 16.3. The Bertz CT molecular complexity index is 340. The monoisotopic (exact) mass is 221 g/mol. The predicted octanol–water partition coefficient (Wildman–Crippen LogP) is 4.30. The zero-order valence-electron chi connectivity index (χ0n) is 10.9. The Labute approximate surface area is 98.5 Å². The van der Waals surface area contributed by atoms with Crippen LogP contribution in [0.15, 0.2) is 10.7 Å². The van der Waals surface area contributed by atoms with Gasteiger partial charge in [0.1, 0.15) is 6.26 Å². The molecule has 0 atom stereocenters. The summed E-state index contributed by atoms with van der Waals surface area (Å²) in [6, 6.07) is 0. The molecule has 1 aliphatic rings. The molecule has 90 valence electrons. The molecule has 0 unspecified atom stereocenters. The van der Waals surface area contributed by atoms with E-state index in [0.717, 1.165) is 17.5 Å². The summed E-state index contributed by atoms with van der Waals surface area (Å²) in [5.74, 6) is 2.39. The second kappa shape index (κ2) is 4.23. The molecule has 1 aromatic heterocycles. The molecule has 0 N–H and O–H groups in total. The summed E-state index contributed by atoms with van der Waals surface area (Å²) in [5, 5.41) is 0. The Morgan fingerprint density at radius 2 is 1.81 bits per heavy atom. The van der Waals surface area contributed by atoms with Crippen LogP contribution in [0.3, 0.4) is 0 Å². The third kappa shape index (κ3) is 2.47. The number of nitrogens with zero attached hydrogens (tertiary/aromatic N) is 1. The van der Waals surface area contributed by atoms with Gasteiger partial charge in [-0.05, 0) is 43.9 Å². The third-order valence-corrected chi connectivity index (χ3v) is 3.94. The largest absolute Gasteiger partial charge is 0.448 e. The maximum absolute atomic E-state index is 5.51. The second-order valence-electron chi connectivity index (χ2n) is 6.24. The maximum Gasteiger partial charge on any atom is 0.197 e. The fraction of sp³-hybridized carbons (Fsp3) is 0.786. The van der Waals surface area contributed by atoms with E-state index < -0.39 is 0 Å². The Kier molecular flexibility index (Phi) is 3.09. The van der Waals surface area contributed by atoms with E-state index in [-0.39, 0.29) is 0 Å². The van der Waals surface area contributed by atoms with Crippen molar-refractivity contribution >= 4 is 0 Å². The lowest BCUT2D eigenvalue weighted by atomic mass is 9.70. The summed E-state index contributed by atoms with van der Waals surface area (Å²) in [4.78, 5) is 4.45. The minimum atomic E-state index is 0.456. The van der Waals surface area contributed by atoms with Gasteiger partial charge in [-0.3, -0.25) is 0 Å². The van der Waals surface area contributed by atoms with E-state index in [0.29, 0.717) is 11.3 Å². The van der Waals surface area contributed by atoms with Gasteiger partial charge >= 0.3 is 0 Å². The van der Waals surface area contributed by atoms with E-state index >= 15 is 0 Å². The first-order chi connectivity index (χ1) is 7.47. The summed E-state index contributed by atoms with van der Waals surface area (Å²) in [5.41, 5.74) is 1.46. The van der Waals surface area contributed by atoms with Crippen LogP contribution >= 0.6 is 0 Å². The molecule has 1 heterocycles. The zero-order chi connectivity index (χ0) is 11.8. The molecule has 1 aliphatic carbocycles. The van der Waals surface area contributed by atoms with Crippen molar-refractivity contribution in [1.29, 1.82) is 0 Å². The van der Waals surface area contributed by atoms with Gasteiger partial charge in [0.05, 0.1) is 5.69 Å². The lowest BCUT2D eigenvalue weighted by molar-refractivity contribution is 0.162. The smallest absolute Gasteiger partial charge is 0.197 e. The van der Waals surface area contributed by atoms with Crippen LogP contribution in [0, 0.1) is 18.3 Å². The average Bonchev–Trinajstić information content (AvgIpc) is 2.64. The minimum Gasteiger partial charge on any atom is -0.448 e. The van der Waals surface area contributed by atoms with Crippen molar-refractivity contribution in [2.45, 2.75) is 59.3 Å². The van der Waals surface area contributed by atoms with Crippen molar-refractivity contribution < 1.29 is 4.42 Å². The Hall–Kier alpha value is -0.790. The van der Waals surface area contributed by atoms with Crippen molar-refractivity contribution in [3.8, 4) is 0 Å². The van der Waals surface area contributed by atoms with E-state index in [1.54, 1.807) is 6.26 Å². The molecule has 0 aliphatic heterocycles. The second-order valence-corrected chi connectivity index (χ2v) is 6.24. The SMILES string of the molecule is Cc1coc([C@H]2CC[C@H](C(C)(C)C)CC2)n1. The van der Waals surface area contributed by atoms with Crippen molar-refractivity contribution in [1.82, 2.24) is 4.98 Å². The molecule has 2 heteroatoms. The summed E-state index contributed by atoms with van der Waals surface area (Å²) in [7, 11) is 0. The van der Waals surface area contributed by atoms with Gasteiger partial charge in [-0.15, -0.1) is 0 Å². The summed E-state index contributed by atoms with van der Waals surface area (Å²) in [6.07, 6.45) is 6.88. The predicted molar refractivity (Wildman–Crippen MR) is 65.4 cm³/mol. The number of hydrogen-bond acceptors (Lipinski definition) is 2.